The largest absolute Gasteiger partial charge is 0.465 e. The second kappa shape index (κ2) is 17.4. The number of nitrogens with one attached hydrogen (secondary N) is 3. The van der Waals surface area contributed by atoms with E-state index in [1.54, 1.807) is 56.0 Å². The summed E-state index contributed by atoms with van der Waals surface area (Å²) >= 11 is 0. The van der Waals surface area contributed by atoms with Gasteiger partial charge in [-0.25, -0.2) is 24.7 Å². The Labute approximate surface area is 342 Å². The highest BCUT2D eigenvalue weighted by molar-refractivity contribution is 5.87. The molecule has 4 N–H and O–H groups in total. The summed E-state index contributed by atoms with van der Waals surface area (Å²) < 4.78 is 0. The van der Waals surface area contributed by atoms with Crippen molar-refractivity contribution < 1.29 is 19.5 Å². The first kappa shape index (κ1) is 39.2. The molecule has 3 aromatic heterocycles. The van der Waals surface area contributed by atoms with Crippen molar-refractivity contribution in [2.45, 2.75) is 63.2 Å². The average molecular weight is 793 g/mol. The van der Waals surface area contributed by atoms with E-state index in [0.29, 0.717) is 23.8 Å². The molecule has 8 rings (SSSR count). The lowest BCUT2D eigenvalue weighted by Gasteiger charge is -2.37. The van der Waals surface area contributed by atoms with Crippen LogP contribution in [0.5, 0.6) is 0 Å². The Morgan fingerprint density at radius 1 is 0.729 bits per heavy atom. The zero-order valence-electron chi connectivity index (χ0n) is 33.2. The van der Waals surface area contributed by atoms with E-state index in [2.05, 4.69) is 47.3 Å². The number of carboxylic acid groups (broad SMARTS) is 1. The Morgan fingerprint density at radius 3 is 2.03 bits per heavy atom. The summed E-state index contributed by atoms with van der Waals surface area (Å²) in [6.07, 6.45) is 11.0. The first-order chi connectivity index (χ1) is 28.7. The van der Waals surface area contributed by atoms with Gasteiger partial charge in [0.15, 0.2) is 5.82 Å². The van der Waals surface area contributed by atoms with Gasteiger partial charge in [0.25, 0.3) is 0 Å². The Hall–Kier alpha value is -6.67. The van der Waals surface area contributed by atoms with Gasteiger partial charge in [0.1, 0.15) is 23.7 Å². The van der Waals surface area contributed by atoms with Crippen LogP contribution in [0.3, 0.4) is 0 Å². The molecule has 0 spiro atoms. The molecule has 302 valence electrons. The van der Waals surface area contributed by atoms with E-state index < -0.39 is 24.1 Å². The Kier molecular flexibility index (Phi) is 11.6. The van der Waals surface area contributed by atoms with E-state index >= 15 is 0 Å². The van der Waals surface area contributed by atoms with Crippen molar-refractivity contribution in [3.63, 3.8) is 0 Å². The fourth-order valence-corrected chi connectivity index (χ4v) is 8.22. The summed E-state index contributed by atoms with van der Waals surface area (Å²) in [4.78, 5) is 70.2. The molecule has 3 aromatic carbocycles. The van der Waals surface area contributed by atoms with Crippen LogP contribution in [0.1, 0.15) is 86.0 Å². The molecule has 3 amide bonds. The molecule has 0 aliphatic carbocycles. The number of imidazole rings is 2. The number of benzene rings is 3. The van der Waals surface area contributed by atoms with Gasteiger partial charge in [-0.2, -0.15) is 0 Å². The summed E-state index contributed by atoms with van der Waals surface area (Å²) in [5.74, 6) is 1.56. The molecular weight excluding hydrogens is 745 g/mol. The number of hydrogen-bond donors (Lipinski definition) is 4. The second-order valence-corrected chi connectivity index (χ2v) is 15.3. The van der Waals surface area contributed by atoms with Crippen molar-refractivity contribution in [3.05, 3.63) is 132 Å². The highest BCUT2D eigenvalue weighted by Crippen LogP contribution is 2.36. The molecule has 2 saturated heterocycles. The lowest BCUT2D eigenvalue weighted by molar-refractivity contribution is -0.139. The van der Waals surface area contributed by atoms with Crippen LogP contribution in [-0.2, 0) is 9.59 Å². The molecule has 2 fully saturated rings. The number of piperidine rings is 1. The summed E-state index contributed by atoms with van der Waals surface area (Å²) in [6, 6.07) is 24.8. The van der Waals surface area contributed by atoms with Gasteiger partial charge in [0, 0.05) is 37.1 Å². The van der Waals surface area contributed by atoms with Gasteiger partial charge >= 0.3 is 6.09 Å². The zero-order valence-corrected chi connectivity index (χ0v) is 33.2. The normalized spacial score (nSPS) is 17.3. The van der Waals surface area contributed by atoms with E-state index in [1.807, 2.05) is 53.4 Å². The molecule has 0 saturated carbocycles. The highest BCUT2D eigenvalue weighted by atomic mass is 16.4. The third-order valence-corrected chi connectivity index (χ3v) is 11.4. The number of likely N-dealkylation sites (tertiary alicyclic amines) is 2. The first-order valence-electron chi connectivity index (χ1n) is 20.2. The lowest BCUT2D eigenvalue weighted by Crippen LogP contribution is -2.44. The van der Waals surface area contributed by atoms with Crippen LogP contribution in [0.25, 0.3) is 33.9 Å². The fourth-order valence-electron chi connectivity index (χ4n) is 8.22. The third-order valence-electron chi connectivity index (χ3n) is 11.4. The second-order valence-electron chi connectivity index (χ2n) is 15.3. The average Bonchev–Trinajstić information content (AvgIpc) is 4.08. The zero-order chi connectivity index (χ0) is 40.9. The topological polar surface area (TPSA) is 176 Å². The predicted molar refractivity (Wildman–Crippen MR) is 222 cm³/mol. The number of aromatic nitrogens is 6. The third kappa shape index (κ3) is 8.49. The number of carbonyl (C=O) groups excluding carboxylic acids is 2. The van der Waals surface area contributed by atoms with Crippen LogP contribution in [0.2, 0.25) is 0 Å². The number of likely N-dealkylation sites (N-methyl/N-ethyl adjacent to an activating group) is 1. The summed E-state index contributed by atoms with van der Waals surface area (Å²) in [5.41, 5.74) is 5.67. The molecule has 0 radical (unpaired) electrons. The Bertz CT molecular complexity index is 2360. The van der Waals surface area contributed by atoms with Gasteiger partial charge in [-0.05, 0) is 62.4 Å². The fraction of sp³-hybridized carbons (Fsp3) is 0.311. The van der Waals surface area contributed by atoms with Crippen molar-refractivity contribution in [3.8, 4) is 33.9 Å². The molecule has 14 heteroatoms. The van der Waals surface area contributed by atoms with Crippen LogP contribution in [0.4, 0.5) is 4.79 Å². The van der Waals surface area contributed by atoms with Crippen molar-refractivity contribution >= 4 is 17.9 Å². The van der Waals surface area contributed by atoms with Crippen LogP contribution in [0.15, 0.2) is 110 Å². The molecule has 59 heavy (non-hydrogen) atoms. The number of hydrogen-bond acceptors (Lipinski definition) is 8. The predicted octanol–water partition coefficient (Wildman–Crippen LogP) is 7.34. The van der Waals surface area contributed by atoms with Crippen LogP contribution in [0, 0.1) is 0 Å². The van der Waals surface area contributed by atoms with Crippen molar-refractivity contribution in [2.75, 3.05) is 26.7 Å². The molecule has 2 aliphatic rings. The molecule has 4 atom stereocenters. The molecule has 5 heterocycles. The monoisotopic (exact) mass is 792 g/mol. The van der Waals surface area contributed by atoms with E-state index in [-0.39, 0.29) is 18.0 Å². The summed E-state index contributed by atoms with van der Waals surface area (Å²) in [5, 5.41) is 12.5. The van der Waals surface area contributed by atoms with Gasteiger partial charge in [-0.15, -0.1) is 0 Å². The maximum atomic E-state index is 14.3. The van der Waals surface area contributed by atoms with Crippen molar-refractivity contribution in [1.29, 1.82) is 0 Å². The minimum Gasteiger partial charge on any atom is -0.465 e. The smallest absolute Gasteiger partial charge is 0.407 e. The Balaban J connectivity index is 0.914. The minimum atomic E-state index is -1.21. The standard InChI is InChI=1S/C45H48N10O4/c1-29(50-43(56)38(53(2)45(58)59)31-13-6-3-7-14-31)40-48-27-35(51-40)30-18-20-33(21-19-30)41-46-25-34(26-47-41)36-28-49-42(52-36)37-17-12-24-55(37)44(57)39(32-15-8-4-9-16-32)54-22-10-5-11-23-54/h3-4,6-9,13-16,18-21,25-29,37-39H,5,10-12,17,22-24H2,1-2H3,(H,48,51)(H,49,52)(H,50,56)(H,58,59)/t29-,37?,38?,39+/m1/s1. The maximum absolute atomic E-state index is 14.3. The van der Waals surface area contributed by atoms with E-state index in [0.717, 1.165) is 83.1 Å². The first-order valence-corrected chi connectivity index (χ1v) is 20.2. The van der Waals surface area contributed by atoms with Crippen molar-refractivity contribution in [1.82, 2.24) is 49.9 Å². The highest BCUT2D eigenvalue weighted by Gasteiger charge is 2.39. The quantitative estimate of drug-likeness (QED) is 0.0988. The van der Waals surface area contributed by atoms with E-state index in [1.165, 1.54) is 13.5 Å². The number of H-pyrrole nitrogens is 2. The summed E-state index contributed by atoms with van der Waals surface area (Å²) in [7, 11) is 1.38. The lowest BCUT2D eigenvalue weighted by atomic mass is 10.00. The number of amides is 3. The number of nitrogens with zero attached hydrogens (tertiary/aromatic N) is 7. The number of carbonyl (C=O) groups is 3. The van der Waals surface area contributed by atoms with Crippen LogP contribution in [-0.4, -0.2) is 94.3 Å². The van der Waals surface area contributed by atoms with Gasteiger partial charge < -0.3 is 25.3 Å². The number of aromatic amines is 2. The Morgan fingerprint density at radius 2 is 1.36 bits per heavy atom. The van der Waals surface area contributed by atoms with Gasteiger partial charge in [-0.1, -0.05) is 91.3 Å². The molecule has 14 nitrogen and oxygen atoms in total. The van der Waals surface area contributed by atoms with Gasteiger partial charge in [-0.3, -0.25) is 19.4 Å². The van der Waals surface area contributed by atoms with Crippen molar-refractivity contribution in [2.24, 2.45) is 0 Å². The van der Waals surface area contributed by atoms with E-state index in [9.17, 15) is 19.5 Å². The molecular formula is C45H48N10O4. The molecule has 2 aliphatic heterocycles. The SMILES string of the molecule is C[C@@H](NC(=O)C(c1ccccc1)N(C)C(=O)O)c1ncc(-c2ccc(-c3ncc(-c4cnc(C5CCCN5C(=O)[C@H](c5ccccc5)N5CCCCC5)[nH]4)cn3)cc2)[nH]1. The van der Waals surface area contributed by atoms with Gasteiger partial charge in [0.05, 0.1) is 35.9 Å². The molecule has 0 bridgehead atoms. The molecule has 6 aromatic rings. The van der Waals surface area contributed by atoms with E-state index in [4.69, 9.17) is 4.98 Å². The molecule has 2 unspecified atom stereocenters. The maximum Gasteiger partial charge on any atom is 0.407 e. The van der Waals surface area contributed by atoms with Gasteiger partial charge in [0.2, 0.25) is 11.8 Å². The summed E-state index contributed by atoms with van der Waals surface area (Å²) in [6.45, 7) is 4.35. The van der Waals surface area contributed by atoms with Crippen LogP contribution < -0.4 is 5.32 Å². The van der Waals surface area contributed by atoms with Crippen LogP contribution >= 0.6 is 0 Å². The minimum absolute atomic E-state index is 0.128. The number of rotatable bonds is 12.